The number of thioether (sulfide) groups is 1. The van der Waals surface area contributed by atoms with E-state index in [1.54, 1.807) is 16.7 Å². The number of carbonyl (C=O) groups excluding carboxylic acids is 2. The van der Waals surface area contributed by atoms with Crippen molar-refractivity contribution in [2.75, 3.05) is 30.0 Å². The van der Waals surface area contributed by atoms with Crippen LogP contribution < -0.4 is 10.1 Å². The molecule has 3 rings (SSSR count). The third kappa shape index (κ3) is 5.38. The number of hydrogen-bond acceptors (Lipinski definition) is 5. The summed E-state index contributed by atoms with van der Waals surface area (Å²) in [6.07, 6.45) is 2.12. The third-order valence-corrected chi connectivity index (χ3v) is 5.83. The molecule has 0 saturated carbocycles. The van der Waals surface area contributed by atoms with E-state index >= 15 is 0 Å². The lowest BCUT2D eigenvalue weighted by molar-refractivity contribution is -0.140. The van der Waals surface area contributed by atoms with Crippen LogP contribution in [0.5, 0.6) is 5.75 Å². The van der Waals surface area contributed by atoms with Crippen LogP contribution in [-0.2, 0) is 20.8 Å². The van der Waals surface area contributed by atoms with Crippen LogP contribution in [0, 0.1) is 0 Å². The number of amides is 2. The van der Waals surface area contributed by atoms with E-state index in [1.165, 1.54) is 0 Å². The van der Waals surface area contributed by atoms with Gasteiger partial charge in [-0.15, -0.1) is 0 Å². The lowest BCUT2D eigenvalue weighted by Crippen LogP contribution is -2.47. The number of carboxylic acids is 1. The Morgan fingerprint density at radius 2 is 2.19 bits per heavy atom. The molecule has 1 unspecified atom stereocenters. The molecule has 2 amide bonds. The van der Waals surface area contributed by atoms with Crippen LogP contribution in [-0.4, -0.2) is 58.5 Å². The largest absolute Gasteiger partial charge is 0.494 e. The molecule has 27 heavy (non-hydrogen) atoms. The minimum Gasteiger partial charge on any atom is -0.494 e. The molecule has 2 heterocycles. The van der Waals surface area contributed by atoms with Gasteiger partial charge in [-0.25, -0.2) is 0 Å². The molecule has 1 aromatic carbocycles. The molecule has 1 aromatic rings. The minimum absolute atomic E-state index is 0.000897. The average molecular weight is 392 g/mol. The van der Waals surface area contributed by atoms with E-state index < -0.39 is 5.97 Å². The number of hydrogen-bond donors (Lipinski definition) is 2. The lowest BCUT2D eigenvalue weighted by Gasteiger charge is -2.34. The van der Waals surface area contributed by atoms with E-state index in [1.807, 2.05) is 18.2 Å². The summed E-state index contributed by atoms with van der Waals surface area (Å²) in [5.74, 6) is 1.43. The maximum absolute atomic E-state index is 12.5. The molecule has 0 bridgehead atoms. The normalized spacial score (nSPS) is 19.2. The molecule has 2 aliphatic heterocycles. The number of aryl methyl sites for hydroxylation is 1. The number of nitrogens with zero attached hydrogens (tertiary/aromatic N) is 1. The Hall–Kier alpha value is -2.22. The van der Waals surface area contributed by atoms with Gasteiger partial charge in [0.1, 0.15) is 5.75 Å². The molecule has 1 atom stereocenters. The van der Waals surface area contributed by atoms with Gasteiger partial charge in [0.05, 0.1) is 19.1 Å². The molecule has 0 spiro atoms. The van der Waals surface area contributed by atoms with Crippen molar-refractivity contribution in [1.29, 1.82) is 0 Å². The van der Waals surface area contributed by atoms with Crippen LogP contribution in [0.15, 0.2) is 18.2 Å². The Balaban J connectivity index is 1.45. The lowest BCUT2D eigenvalue weighted by atomic mass is 10.0. The zero-order valence-corrected chi connectivity index (χ0v) is 15.9. The van der Waals surface area contributed by atoms with Crippen LogP contribution in [0.3, 0.4) is 0 Å². The molecular weight excluding hydrogens is 368 g/mol. The predicted molar refractivity (Wildman–Crippen MR) is 103 cm³/mol. The molecule has 1 fully saturated rings. The Kier molecular flexibility index (Phi) is 6.60. The van der Waals surface area contributed by atoms with Gasteiger partial charge in [0.15, 0.2) is 0 Å². The second kappa shape index (κ2) is 9.12. The standard InChI is InChI=1S/C19H24N2O5S/c22-17-6-3-13-10-15(4-5-16(13)20-17)26-8-1-2-18(23)21-7-9-27-12-14(21)11-19(24)25/h4-5,10,14H,1-3,6-9,11-12H2,(H,20,22)(H,24,25). The van der Waals surface area contributed by atoms with Gasteiger partial charge < -0.3 is 20.1 Å². The Labute approximate surface area is 162 Å². The minimum atomic E-state index is -0.868. The van der Waals surface area contributed by atoms with E-state index in [0.717, 1.165) is 22.8 Å². The van der Waals surface area contributed by atoms with Gasteiger partial charge in [-0.05, 0) is 36.6 Å². The van der Waals surface area contributed by atoms with Crippen LogP contribution >= 0.6 is 11.8 Å². The smallest absolute Gasteiger partial charge is 0.305 e. The molecule has 8 heteroatoms. The first-order valence-corrected chi connectivity index (χ1v) is 10.3. The van der Waals surface area contributed by atoms with Crippen molar-refractivity contribution in [1.82, 2.24) is 4.90 Å². The second-order valence-corrected chi connectivity index (χ2v) is 7.88. The quantitative estimate of drug-likeness (QED) is 0.691. The number of nitrogens with one attached hydrogen (secondary N) is 1. The topological polar surface area (TPSA) is 95.9 Å². The second-order valence-electron chi connectivity index (χ2n) is 6.73. The molecule has 146 valence electrons. The van der Waals surface area contributed by atoms with E-state index in [9.17, 15) is 14.4 Å². The highest BCUT2D eigenvalue weighted by molar-refractivity contribution is 7.99. The maximum atomic E-state index is 12.5. The fourth-order valence-electron chi connectivity index (χ4n) is 3.36. The van der Waals surface area contributed by atoms with Crippen molar-refractivity contribution in [3.8, 4) is 5.75 Å². The van der Waals surface area contributed by atoms with Crippen molar-refractivity contribution in [2.24, 2.45) is 0 Å². The van der Waals surface area contributed by atoms with E-state index in [4.69, 9.17) is 9.84 Å². The molecule has 2 N–H and O–H groups in total. The monoisotopic (exact) mass is 392 g/mol. The number of anilines is 1. The molecular formula is C19H24N2O5S. The van der Waals surface area contributed by atoms with Crippen LogP contribution in [0.25, 0.3) is 0 Å². The van der Waals surface area contributed by atoms with E-state index in [-0.39, 0.29) is 24.3 Å². The average Bonchev–Trinajstić information content (AvgIpc) is 2.65. The highest BCUT2D eigenvalue weighted by Gasteiger charge is 2.28. The zero-order valence-electron chi connectivity index (χ0n) is 15.1. The van der Waals surface area contributed by atoms with Crippen molar-refractivity contribution in [2.45, 2.75) is 38.1 Å². The van der Waals surface area contributed by atoms with Gasteiger partial charge >= 0.3 is 5.97 Å². The molecule has 7 nitrogen and oxygen atoms in total. The number of carboxylic acid groups (broad SMARTS) is 1. The fraction of sp³-hybridized carbons (Fsp3) is 0.526. The number of carbonyl (C=O) groups is 3. The highest BCUT2D eigenvalue weighted by atomic mass is 32.2. The molecule has 0 aromatic heterocycles. The molecule has 2 aliphatic rings. The van der Waals surface area contributed by atoms with E-state index in [0.29, 0.717) is 44.6 Å². The molecule has 1 saturated heterocycles. The Morgan fingerprint density at radius 3 is 3.00 bits per heavy atom. The summed E-state index contributed by atoms with van der Waals surface area (Å²) in [6.45, 7) is 1.03. The SMILES string of the molecule is O=C(O)CC1CSCCN1C(=O)CCCOc1ccc2c(c1)CCC(=O)N2. The third-order valence-electron chi connectivity index (χ3n) is 4.73. The van der Waals surface area contributed by atoms with Gasteiger partial charge in [0.2, 0.25) is 11.8 Å². The van der Waals surface area contributed by atoms with E-state index in [2.05, 4.69) is 5.32 Å². The first kappa shape index (κ1) is 19.5. The van der Waals surface area contributed by atoms with Gasteiger partial charge in [-0.3, -0.25) is 14.4 Å². The number of fused-ring (bicyclic) bond motifs is 1. The summed E-state index contributed by atoms with van der Waals surface area (Å²) >= 11 is 1.69. The highest BCUT2D eigenvalue weighted by Crippen LogP contribution is 2.27. The summed E-state index contributed by atoms with van der Waals surface area (Å²) in [6, 6.07) is 5.37. The first-order valence-electron chi connectivity index (χ1n) is 9.17. The number of ether oxygens (including phenoxy) is 1. The van der Waals surface area contributed by atoms with Gasteiger partial charge in [-0.2, -0.15) is 11.8 Å². The summed E-state index contributed by atoms with van der Waals surface area (Å²) in [5.41, 5.74) is 1.90. The predicted octanol–water partition coefficient (Wildman–Crippen LogP) is 2.15. The van der Waals surface area contributed by atoms with Crippen LogP contribution in [0.1, 0.15) is 31.2 Å². The van der Waals surface area contributed by atoms with Crippen molar-refractivity contribution < 1.29 is 24.2 Å². The van der Waals surface area contributed by atoms with Gasteiger partial charge in [0, 0.05) is 36.6 Å². The maximum Gasteiger partial charge on any atom is 0.305 e. The summed E-state index contributed by atoms with van der Waals surface area (Å²) in [5, 5.41) is 11.8. The Bertz CT molecular complexity index is 724. The molecule has 0 aliphatic carbocycles. The van der Waals surface area contributed by atoms with Crippen molar-refractivity contribution in [3.63, 3.8) is 0 Å². The van der Waals surface area contributed by atoms with Gasteiger partial charge in [-0.1, -0.05) is 0 Å². The van der Waals surface area contributed by atoms with Crippen LogP contribution in [0.2, 0.25) is 0 Å². The first-order chi connectivity index (χ1) is 13.0. The van der Waals surface area contributed by atoms with Crippen molar-refractivity contribution in [3.05, 3.63) is 23.8 Å². The molecule has 0 radical (unpaired) electrons. The van der Waals surface area contributed by atoms with Crippen molar-refractivity contribution >= 4 is 35.2 Å². The fourth-order valence-corrected chi connectivity index (χ4v) is 4.42. The van der Waals surface area contributed by atoms with Gasteiger partial charge in [0.25, 0.3) is 0 Å². The Morgan fingerprint density at radius 1 is 1.33 bits per heavy atom. The number of benzene rings is 1. The summed E-state index contributed by atoms with van der Waals surface area (Å²) in [7, 11) is 0. The zero-order chi connectivity index (χ0) is 19.2. The number of rotatable bonds is 7. The number of aliphatic carboxylic acids is 1. The summed E-state index contributed by atoms with van der Waals surface area (Å²) in [4.78, 5) is 36.5. The summed E-state index contributed by atoms with van der Waals surface area (Å²) < 4.78 is 5.75. The van der Waals surface area contributed by atoms with Crippen LogP contribution in [0.4, 0.5) is 5.69 Å².